The van der Waals surface area contributed by atoms with Crippen LogP contribution in [0.15, 0.2) is 24.8 Å². The Labute approximate surface area is 113 Å². The summed E-state index contributed by atoms with van der Waals surface area (Å²) in [5, 5.41) is 0. The fourth-order valence-electron chi connectivity index (χ4n) is 1.89. The van der Waals surface area contributed by atoms with Crippen molar-refractivity contribution < 1.29 is 9.53 Å². The van der Waals surface area contributed by atoms with Crippen LogP contribution in [0.5, 0.6) is 0 Å². The molecule has 5 nitrogen and oxygen atoms in total. The van der Waals surface area contributed by atoms with Gasteiger partial charge in [-0.2, -0.15) is 0 Å². The van der Waals surface area contributed by atoms with E-state index in [4.69, 9.17) is 4.74 Å². The zero-order chi connectivity index (χ0) is 13.9. The summed E-state index contributed by atoms with van der Waals surface area (Å²) < 4.78 is 5.35. The third-order valence-electron chi connectivity index (χ3n) is 2.79. The largest absolute Gasteiger partial charge is 0.444 e. The molecule has 0 unspecified atom stereocenters. The van der Waals surface area contributed by atoms with Crippen molar-refractivity contribution >= 4 is 11.7 Å². The first kappa shape index (κ1) is 13.5. The lowest BCUT2D eigenvalue weighted by atomic mass is 10.0. The van der Waals surface area contributed by atoms with Gasteiger partial charge in [0.25, 0.3) is 0 Å². The molecule has 0 aliphatic carbocycles. The zero-order valence-corrected chi connectivity index (χ0v) is 11.6. The van der Waals surface area contributed by atoms with E-state index in [1.54, 1.807) is 17.3 Å². The topological polar surface area (TPSA) is 55.3 Å². The normalized spacial score (nSPS) is 15.9. The molecule has 102 valence electrons. The van der Waals surface area contributed by atoms with Crippen LogP contribution >= 0.6 is 0 Å². The van der Waals surface area contributed by atoms with Crippen LogP contribution in [0.25, 0.3) is 5.57 Å². The lowest BCUT2D eigenvalue weighted by molar-refractivity contribution is 0.0270. The number of aromatic nitrogens is 2. The second-order valence-electron chi connectivity index (χ2n) is 5.53. The fraction of sp³-hybridized carbons (Fsp3) is 0.500. The molecular formula is C14H19N3O2. The summed E-state index contributed by atoms with van der Waals surface area (Å²) in [4.78, 5) is 21.6. The quantitative estimate of drug-likeness (QED) is 0.779. The van der Waals surface area contributed by atoms with Gasteiger partial charge in [0.2, 0.25) is 0 Å². The van der Waals surface area contributed by atoms with E-state index in [0.29, 0.717) is 13.1 Å². The molecule has 0 saturated carbocycles. The van der Waals surface area contributed by atoms with Gasteiger partial charge in [-0.05, 0) is 32.8 Å². The maximum Gasteiger partial charge on any atom is 0.410 e. The van der Waals surface area contributed by atoms with E-state index in [9.17, 15) is 4.79 Å². The van der Waals surface area contributed by atoms with Crippen molar-refractivity contribution in [1.29, 1.82) is 0 Å². The van der Waals surface area contributed by atoms with Crippen molar-refractivity contribution in [3.8, 4) is 0 Å². The average molecular weight is 261 g/mol. The third-order valence-corrected chi connectivity index (χ3v) is 2.79. The number of rotatable bonds is 1. The highest BCUT2D eigenvalue weighted by molar-refractivity contribution is 5.72. The zero-order valence-electron chi connectivity index (χ0n) is 11.6. The van der Waals surface area contributed by atoms with Crippen LogP contribution in [-0.2, 0) is 4.74 Å². The van der Waals surface area contributed by atoms with Crippen LogP contribution in [0.3, 0.4) is 0 Å². The van der Waals surface area contributed by atoms with Gasteiger partial charge in [-0.3, -0.25) is 0 Å². The van der Waals surface area contributed by atoms with Gasteiger partial charge < -0.3 is 9.64 Å². The summed E-state index contributed by atoms with van der Waals surface area (Å²) in [6.45, 7) is 6.85. The van der Waals surface area contributed by atoms with E-state index < -0.39 is 5.60 Å². The smallest absolute Gasteiger partial charge is 0.410 e. The molecule has 0 atom stereocenters. The van der Waals surface area contributed by atoms with Crippen LogP contribution in [0.2, 0.25) is 0 Å². The molecule has 2 heterocycles. The second-order valence-corrected chi connectivity index (χ2v) is 5.53. The van der Waals surface area contributed by atoms with Crippen LogP contribution in [0, 0.1) is 0 Å². The number of hydrogen-bond acceptors (Lipinski definition) is 4. The minimum Gasteiger partial charge on any atom is -0.444 e. The van der Waals surface area contributed by atoms with Crippen LogP contribution in [0.1, 0.15) is 32.8 Å². The molecular weight excluding hydrogens is 242 g/mol. The first-order valence-corrected chi connectivity index (χ1v) is 6.38. The lowest BCUT2D eigenvalue weighted by Crippen LogP contribution is -2.39. The summed E-state index contributed by atoms with van der Waals surface area (Å²) >= 11 is 0. The molecule has 5 heteroatoms. The van der Waals surface area contributed by atoms with E-state index in [1.807, 2.05) is 26.8 Å². The Kier molecular flexibility index (Phi) is 3.83. The molecule has 0 aromatic carbocycles. The molecule has 1 aliphatic heterocycles. The number of nitrogens with zero attached hydrogens (tertiary/aromatic N) is 3. The van der Waals surface area contributed by atoms with E-state index in [1.165, 1.54) is 11.9 Å². The Morgan fingerprint density at radius 2 is 2.00 bits per heavy atom. The highest BCUT2D eigenvalue weighted by Gasteiger charge is 2.23. The summed E-state index contributed by atoms with van der Waals surface area (Å²) in [7, 11) is 0. The predicted octanol–water partition coefficient (Wildman–Crippen LogP) is 2.50. The first-order chi connectivity index (χ1) is 8.96. The number of hydrogen-bond donors (Lipinski definition) is 0. The minimum atomic E-state index is -0.450. The number of ether oxygens (including phenoxy) is 1. The van der Waals surface area contributed by atoms with Gasteiger partial charge in [-0.15, -0.1) is 0 Å². The average Bonchev–Trinajstić information content (AvgIpc) is 2.38. The van der Waals surface area contributed by atoms with Gasteiger partial charge in [0.05, 0.1) is 0 Å². The van der Waals surface area contributed by atoms with Gasteiger partial charge >= 0.3 is 6.09 Å². The molecule has 0 fully saturated rings. The van der Waals surface area contributed by atoms with E-state index in [2.05, 4.69) is 9.97 Å². The highest BCUT2D eigenvalue weighted by Crippen LogP contribution is 2.22. The van der Waals surface area contributed by atoms with Gasteiger partial charge in [-0.1, -0.05) is 6.08 Å². The Balaban J connectivity index is 1.98. The SMILES string of the molecule is CC(C)(C)OC(=O)N1CC=C(c2cncnc2)CC1. The molecule has 2 rings (SSSR count). The van der Waals surface area contributed by atoms with Crippen molar-refractivity contribution in [1.82, 2.24) is 14.9 Å². The molecule has 0 N–H and O–H groups in total. The van der Waals surface area contributed by atoms with Crippen molar-refractivity contribution in [2.24, 2.45) is 0 Å². The van der Waals surface area contributed by atoms with Crippen molar-refractivity contribution in [3.05, 3.63) is 30.4 Å². The van der Waals surface area contributed by atoms with Gasteiger partial charge in [-0.25, -0.2) is 14.8 Å². The van der Waals surface area contributed by atoms with E-state index >= 15 is 0 Å². The van der Waals surface area contributed by atoms with Crippen LogP contribution in [0.4, 0.5) is 4.79 Å². The Hall–Kier alpha value is -1.91. The first-order valence-electron chi connectivity index (χ1n) is 6.38. The number of carbonyl (C=O) groups is 1. The Bertz CT molecular complexity index is 477. The molecule has 0 spiro atoms. The molecule has 0 saturated heterocycles. The Morgan fingerprint density at radius 3 is 2.53 bits per heavy atom. The summed E-state index contributed by atoms with van der Waals surface area (Å²) in [6.07, 6.45) is 7.68. The minimum absolute atomic E-state index is 0.257. The summed E-state index contributed by atoms with van der Waals surface area (Å²) in [5.74, 6) is 0. The highest BCUT2D eigenvalue weighted by atomic mass is 16.6. The molecule has 1 aliphatic rings. The van der Waals surface area contributed by atoms with E-state index in [-0.39, 0.29) is 6.09 Å². The molecule has 1 aromatic rings. The molecule has 0 radical (unpaired) electrons. The van der Waals surface area contributed by atoms with Crippen molar-refractivity contribution in [3.63, 3.8) is 0 Å². The molecule has 1 amide bonds. The summed E-state index contributed by atoms with van der Waals surface area (Å²) in [5.41, 5.74) is 1.75. The number of carbonyl (C=O) groups excluding carboxylic acids is 1. The van der Waals surface area contributed by atoms with Gasteiger partial charge in [0, 0.05) is 31.0 Å². The fourth-order valence-corrected chi connectivity index (χ4v) is 1.89. The lowest BCUT2D eigenvalue weighted by Gasteiger charge is -2.29. The molecule has 19 heavy (non-hydrogen) atoms. The van der Waals surface area contributed by atoms with Gasteiger partial charge in [0.1, 0.15) is 11.9 Å². The third kappa shape index (κ3) is 3.77. The van der Waals surface area contributed by atoms with E-state index in [0.717, 1.165) is 12.0 Å². The van der Waals surface area contributed by atoms with Crippen LogP contribution < -0.4 is 0 Å². The van der Waals surface area contributed by atoms with Gasteiger partial charge in [0.15, 0.2) is 0 Å². The second kappa shape index (κ2) is 5.38. The maximum absolute atomic E-state index is 11.9. The van der Waals surface area contributed by atoms with Crippen molar-refractivity contribution in [2.45, 2.75) is 32.8 Å². The monoisotopic (exact) mass is 261 g/mol. The standard InChI is InChI=1S/C14H19N3O2/c1-14(2,3)19-13(18)17-6-4-11(5-7-17)12-8-15-10-16-9-12/h4,8-10H,5-7H2,1-3H3. The maximum atomic E-state index is 11.9. The molecule has 0 bridgehead atoms. The van der Waals surface area contributed by atoms with Crippen molar-refractivity contribution in [2.75, 3.05) is 13.1 Å². The molecule has 1 aromatic heterocycles. The van der Waals surface area contributed by atoms with Crippen LogP contribution in [-0.4, -0.2) is 39.7 Å². The Morgan fingerprint density at radius 1 is 1.32 bits per heavy atom. The predicted molar refractivity (Wildman–Crippen MR) is 72.4 cm³/mol. The summed E-state index contributed by atoms with van der Waals surface area (Å²) in [6, 6.07) is 0. The number of amides is 1.